The maximum absolute atomic E-state index is 5.74. The molecule has 0 atom stereocenters. The molecule has 1 fully saturated rings. The Balaban J connectivity index is 0.00000200. The molecular formula is C16H27ClN2O. The van der Waals surface area contributed by atoms with Crippen LogP contribution in [0.4, 0.5) is 0 Å². The molecule has 2 N–H and O–H groups in total. The molecule has 1 aliphatic rings. The first kappa shape index (κ1) is 17.4. The van der Waals surface area contributed by atoms with E-state index in [1.54, 1.807) is 0 Å². The molecule has 0 radical (unpaired) electrons. The first-order chi connectivity index (χ1) is 9.38. The summed E-state index contributed by atoms with van der Waals surface area (Å²) < 4.78 is 5.43. The van der Waals surface area contributed by atoms with Crippen LogP contribution in [0.5, 0.6) is 0 Å². The minimum atomic E-state index is 0. The second kappa shape index (κ2) is 10.2. The lowest BCUT2D eigenvalue weighted by Crippen LogP contribution is -2.37. The highest BCUT2D eigenvalue weighted by Crippen LogP contribution is 2.16. The van der Waals surface area contributed by atoms with Crippen LogP contribution in [0.1, 0.15) is 18.4 Å². The zero-order chi connectivity index (χ0) is 13.3. The van der Waals surface area contributed by atoms with Crippen molar-refractivity contribution >= 4 is 12.4 Å². The summed E-state index contributed by atoms with van der Waals surface area (Å²) >= 11 is 0. The van der Waals surface area contributed by atoms with Gasteiger partial charge in [0, 0.05) is 39.4 Å². The van der Waals surface area contributed by atoms with E-state index in [1.807, 2.05) is 0 Å². The summed E-state index contributed by atoms with van der Waals surface area (Å²) in [5.74, 6) is 0.788. The SMILES string of the molecule is Cl.NCCN(CCc1ccccc1)CC1CCOCC1. The maximum Gasteiger partial charge on any atom is 0.0469 e. The van der Waals surface area contributed by atoms with E-state index in [-0.39, 0.29) is 12.4 Å². The van der Waals surface area contributed by atoms with Gasteiger partial charge >= 0.3 is 0 Å². The van der Waals surface area contributed by atoms with Crippen molar-refractivity contribution in [3.8, 4) is 0 Å². The molecule has 1 aromatic carbocycles. The molecule has 20 heavy (non-hydrogen) atoms. The average molecular weight is 299 g/mol. The van der Waals surface area contributed by atoms with Crippen molar-refractivity contribution in [1.82, 2.24) is 4.90 Å². The van der Waals surface area contributed by atoms with E-state index in [2.05, 4.69) is 35.2 Å². The second-order valence-electron chi connectivity index (χ2n) is 5.38. The fourth-order valence-corrected chi connectivity index (χ4v) is 2.70. The van der Waals surface area contributed by atoms with Crippen LogP contribution in [-0.2, 0) is 11.2 Å². The van der Waals surface area contributed by atoms with E-state index in [4.69, 9.17) is 10.5 Å². The zero-order valence-electron chi connectivity index (χ0n) is 12.2. The Morgan fingerprint density at radius 1 is 1.10 bits per heavy atom. The number of hydrogen-bond donors (Lipinski definition) is 1. The first-order valence-electron chi connectivity index (χ1n) is 7.42. The van der Waals surface area contributed by atoms with E-state index < -0.39 is 0 Å². The monoisotopic (exact) mass is 298 g/mol. The molecule has 1 heterocycles. The Kier molecular flexibility index (Phi) is 8.86. The second-order valence-corrected chi connectivity index (χ2v) is 5.38. The fourth-order valence-electron chi connectivity index (χ4n) is 2.70. The predicted octanol–water partition coefficient (Wildman–Crippen LogP) is 2.34. The Hall–Kier alpha value is -0.610. The molecule has 1 aromatic rings. The Morgan fingerprint density at radius 3 is 2.45 bits per heavy atom. The molecule has 2 rings (SSSR count). The van der Waals surface area contributed by atoms with Crippen molar-refractivity contribution < 1.29 is 4.74 Å². The standard InChI is InChI=1S/C16H26N2O.ClH/c17-9-11-18(14-16-7-12-19-13-8-16)10-6-15-4-2-1-3-5-15;/h1-5,16H,6-14,17H2;1H. The molecule has 1 aliphatic heterocycles. The average Bonchev–Trinajstić information content (AvgIpc) is 2.47. The summed E-state index contributed by atoms with van der Waals surface area (Å²) in [7, 11) is 0. The van der Waals surface area contributed by atoms with Gasteiger partial charge in [0.2, 0.25) is 0 Å². The first-order valence-corrected chi connectivity index (χ1v) is 7.42. The van der Waals surface area contributed by atoms with E-state index in [0.29, 0.717) is 0 Å². The topological polar surface area (TPSA) is 38.5 Å². The van der Waals surface area contributed by atoms with E-state index in [1.165, 1.54) is 24.9 Å². The Bertz CT molecular complexity index is 342. The lowest BCUT2D eigenvalue weighted by atomic mass is 9.99. The summed E-state index contributed by atoms with van der Waals surface area (Å²) in [6, 6.07) is 10.7. The highest BCUT2D eigenvalue weighted by Gasteiger charge is 2.17. The van der Waals surface area contributed by atoms with Crippen molar-refractivity contribution in [3.63, 3.8) is 0 Å². The summed E-state index contributed by atoms with van der Waals surface area (Å²) in [5.41, 5.74) is 7.15. The van der Waals surface area contributed by atoms with Gasteiger partial charge in [-0.2, -0.15) is 0 Å². The number of hydrogen-bond acceptors (Lipinski definition) is 3. The molecule has 114 valence electrons. The van der Waals surface area contributed by atoms with E-state index in [0.717, 1.165) is 45.2 Å². The van der Waals surface area contributed by atoms with Gasteiger partial charge in [0.05, 0.1) is 0 Å². The van der Waals surface area contributed by atoms with E-state index in [9.17, 15) is 0 Å². The molecule has 1 saturated heterocycles. The third-order valence-electron chi connectivity index (χ3n) is 3.86. The molecule has 0 saturated carbocycles. The van der Waals surface area contributed by atoms with Gasteiger partial charge in [-0.05, 0) is 30.7 Å². The molecule has 3 nitrogen and oxygen atoms in total. The number of ether oxygens (including phenoxy) is 1. The van der Waals surface area contributed by atoms with Crippen molar-refractivity contribution in [1.29, 1.82) is 0 Å². The molecule has 4 heteroatoms. The quantitative estimate of drug-likeness (QED) is 0.840. The molecule has 0 amide bonds. The van der Waals surface area contributed by atoms with Gasteiger partial charge in [-0.15, -0.1) is 12.4 Å². The number of nitrogens with two attached hydrogens (primary N) is 1. The van der Waals surface area contributed by atoms with Crippen LogP contribution < -0.4 is 5.73 Å². The van der Waals surface area contributed by atoms with Gasteiger partial charge in [0.15, 0.2) is 0 Å². The number of benzene rings is 1. The number of halogens is 1. The van der Waals surface area contributed by atoms with Crippen molar-refractivity contribution in [2.45, 2.75) is 19.3 Å². The van der Waals surface area contributed by atoms with Gasteiger partial charge in [-0.25, -0.2) is 0 Å². The van der Waals surface area contributed by atoms with Crippen molar-refractivity contribution in [3.05, 3.63) is 35.9 Å². The Labute approximate surface area is 128 Å². The minimum Gasteiger partial charge on any atom is -0.381 e. The summed E-state index contributed by atoms with van der Waals surface area (Å²) in [4.78, 5) is 2.52. The molecule has 0 aromatic heterocycles. The molecule has 0 spiro atoms. The number of rotatable bonds is 7. The van der Waals surface area contributed by atoms with Gasteiger partial charge in [0.1, 0.15) is 0 Å². The predicted molar refractivity (Wildman–Crippen MR) is 86.4 cm³/mol. The highest BCUT2D eigenvalue weighted by molar-refractivity contribution is 5.85. The van der Waals surface area contributed by atoms with Gasteiger partial charge in [-0.1, -0.05) is 30.3 Å². The van der Waals surface area contributed by atoms with Crippen LogP contribution in [-0.4, -0.2) is 44.3 Å². The third kappa shape index (κ3) is 6.23. The van der Waals surface area contributed by atoms with Crippen LogP contribution in [0.3, 0.4) is 0 Å². The number of nitrogens with zero attached hydrogens (tertiary/aromatic N) is 1. The van der Waals surface area contributed by atoms with Gasteiger partial charge < -0.3 is 15.4 Å². The lowest BCUT2D eigenvalue weighted by molar-refractivity contribution is 0.0530. The summed E-state index contributed by atoms with van der Waals surface area (Å²) in [6.45, 7) is 5.90. The fraction of sp³-hybridized carbons (Fsp3) is 0.625. The van der Waals surface area contributed by atoms with Crippen LogP contribution in [0.25, 0.3) is 0 Å². The minimum absolute atomic E-state index is 0. The van der Waals surface area contributed by atoms with Crippen molar-refractivity contribution in [2.24, 2.45) is 11.7 Å². The maximum atomic E-state index is 5.74. The van der Waals surface area contributed by atoms with Gasteiger partial charge in [-0.3, -0.25) is 0 Å². The van der Waals surface area contributed by atoms with Gasteiger partial charge in [0.25, 0.3) is 0 Å². The smallest absolute Gasteiger partial charge is 0.0469 e. The highest BCUT2D eigenvalue weighted by atomic mass is 35.5. The molecular weight excluding hydrogens is 272 g/mol. The third-order valence-corrected chi connectivity index (χ3v) is 3.86. The summed E-state index contributed by atoms with van der Waals surface area (Å²) in [5, 5.41) is 0. The van der Waals surface area contributed by atoms with Crippen LogP contribution >= 0.6 is 12.4 Å². The zero-order valence-corrected chi connectivity index (χ0v) is 13.0. The molecule has 0 bridgehead atoms. The Morgan fingerprint density at radius 2 is 1.80 bits per heavy atom. The normalized spacial score (nSPS) is 16.1. The molecule has 0 unspecified atom stereocenters. The lowest BCUT2D eigenvalue weighted by Gasteiger charge is -2.29. The summed E-state index contributed by atoms with van der Waals surface area (Å²) in [6.07, 6.45) is 3.52. The van der Waals surface area contributed by atoms with Crippen LogP contribution in [0.15, 0.2) is 30.3 Å². The van der Waals surface area contributed by atoms with Crippen LogP contribution in [0, 0.1) is 5.92 Å². The van der Waals surface area contributed by atoms with E-state index >= 15 is 0 Å². The van der Waals surface area contributed by atoms with Crippen LogP contribution in [0.2, 0.25) is 0 Å². The molecule has 0 aliphatic carbocycles. The van der Waals surface area contributed by atoms with Crippen molar-refractivity contribution in [2.75, 3.05) is 39.4 Å². The largest absolute Gasteiger partial charge is 0.381 e.